The van der Waals surface area contributed by atoms with Gasteiger partial charge in [-0.15, -0.1) is 0 Å². The number of hydrogen-bond acceptors (Lipinski definition) is 3. The molecule has 1 aromatic heterocycles. The van der Waals surface area contributed by atoms with Crippen molar-refractivity contribution in [2.45, 2.75) is 59.0 Å². The van der Waals surface area contributed by atoms with Crippen molar-refractivity contribution in [3.8, 4) is 0 Å². The first kappa shape index (κ1) is 20.2. The van der Waals surface area contributed by atoms with Crippen LogP contribution in [0.25, 0.3) is 10.9 Å². The number of amides is 2. The number of H-pyrrole nitrogens is 1. The van der Waals surface area contributed by atoms with E-state index in [4.69, 9.17) is 4.74 Å². The molecule has 2 heterocycles. The number of hydrogen-bond donors (Lipinski definition) is 2. The number of anilines is 1. The fourth-order valence-electron chi connectivity index (χ4n) is 3.72. The zero-order valence-corrected chi connectivity index (χ0v) is 17.3. The summed E-state index contributed by atoms with van der Waals surface area (Å²) in [5.74, 6) is 0.554. The maximum atomic E-state index is 12.2. The van der Waals surface area contributed by atoms with Gasteiger partial charge in [0.05, 0.1) is 5.69 Å². The third kappa shape index (κ3) is 5.27. The minimum Gasteiger partial charge on any atom is -0.444 e. The van der Waals surface area contributed by atoms with E-state index in [0.29, 0.717) is 5.92 Å². The highest BCUT2D eigenvalue weighted by Crippen LogP contribution is 2.27. The van der Waals surface area contributed by atoms with Crippen LogP contribution in [0.1, 0.15) is 52.5 Å². The van der Waals surface area contributed by atoms with E-state index in [2.05, 4.69) is 28.5 Å². The summed E-state index contributed by atoms with van der Waals surface area (Å²) in [5.41, 5.74) is 2.68. The Kier molecular flexibility index (Phi) is 5.96. The molecule has 0 atom stereocenters. The summed E-state index contributed by atoms with van der Waals surface area (Å²) in [6.07, 6.45) is 5.77. The summed E-state index contributed by atoms with van der Waals surface area (Å²) >= 11 is 0. The number of rotatable bonds is 4. The van der Waals surface area contributed by atoms with Gasteiger partial charge in [-0.25, -0.2) is 4.79 Å². The highest BCUT2D eigenvalue weighted by atomic mass is 16.6. The maximum absolute atomic E-state index is 12.2. The number of aromatic nitrogens is 1. The Morgan fingerprint density at radius 1 is 1.25 bits per heavy atom. The number of likely N-dealkylation sites (tertiary alicyclic amines) is 1. The van der Waals surface area contributed by atoms with Crippen molar-refractivity contribution in [2.75, 3.05) is 18.4 Å². The van der Waals surface area contributed by atoms with Crippen molar-refractivity contribution in [3.63, 3.8) is 0 Å². The van der Waals surface area contributed by atoms with Gasteiger partial charge in [0.15, 0.2) is 0 Å². The first-order chi connectivity index (χ1) is 13.2. The molecule has 1 fully saturated rings. The second-order valence-corrected chi connectivity index (χ2v) is 8.71. The summed E-state index contributed by atoms with van der Waals surface area (Å²) in [4.78, 5) is 28.6. The minimum absolute atomic E-state index is 0.0666. The molecule has 1 aliphatic heterocycles. The molecule has 0 spiro atoms. The van der Waals surface area contributed by atoms with Gasteiger partial charge >= 0.3 is 6.09 Å². The Hall–Kier alpha value is -2.50. The van der Waals surface area contributed by atoms with Crippen LogP contribution in [0, 0.1) is 5.92 Å². The van der Waals surface area contributed by atoms with Crippen LogP contribution in [0.4, 0.5) is 10.5 Å². The zero-order valence-electron chi connectivity index (χ0n) is 17.3. The number of nitrogens with one attached hydrogen (secondary N) is 2. The molecule has 0 aliphatic carbocycles. The lowest BCUT2D eigenvalue weighted by molar-refractivity contribution is -0.114. The lowest BCUT2D eigenvalue weighted by atomic mass is 9.90. The third-order valence-electron chi connectivity index (χ3n) is 5.16. The third-order valence-corrected chi connectivity index (χ3v) is 5.16. The SMILES string of the molecule is CC(=O)Nc1c[nH]c2ccc(CCC3CCN(C(=O)OC(C)(C)C)CC3)cc12. The molecule has 6 heteroatoms. The highest BCUT2D eigenvalue weighted by Gasteiger charge is 2.26. The largest absolute Gasteiger partial charge is 0.444 e. The van der Waals surface area contributed by atoms with Gasteiger partial charge in [0.2, 0.25) is 5.91 Å². The van der Waals surface area contributed by atoms with Crippen LogP contribution in [-0.2, 0) is 16.0 Å². The van der Waals surface area contributed by atoms with Crippen molar-refractivity contribution in [1.82, 2.24) is 9.88 Å². The summed E-state index contributed by atoms with van der Waals surface area (Å²) < 4.78 is 5.47. The smallest absolute Gasteiger partial charge is 0.410 e. The molecule has 1 aliphatic rings. The molecule has 3 rings (SSSR count). The van der Waals surface area contributed by atoms with Gasteiger partial charge in [0, 0.05) is 37.1 Å². The molecule has 2 aromatic rings. The Balaban J connectivity index is 1.52. The number of piperidine rings is 1. The van der Waals surface area contributed by atoms with Gasteiger partial charge in [-0.2, -0.15) is 0 Å². The van der Waals surface area contributed by atoms with Crippen molar-refractivity contribution in [1.29, 1.82) is 0 Å². The standard InChI is InChI=1S/C22H31N3O3/c1-15(26)24-20-14-23-19-8-7-17(13-18(19)20)6-5-16-9-11-25(12-10-16)21(27)28-22(2,3)4/h7-8,13-14,16,23H,5-6,9-12H2,1-4H3,(H,24,26). The lowest BCUT2D eigenvalue weighted by Gasteiger charge is -2.33. The molecule has 0 saturated carbocycles. The normalized spacial score (nSPS) is 15.6. The van der Waals surface area contributed by atoms with Crippen LogP contribution in [0.15, 0.2) is 24.4 Å². The predicted octanol–water partition coefficient (Wildman–Crippen LogP) is 4.71. The molecule has 0 bridgehead atoms. The maximum Gasteiger partial charge on any atom is 0.410 e. The predicted molar refractivity (Wildman–Crippen MR) is 111 cm³/mol. The van der Waals surface area contributed by atoms with Gasteiger partial charge in [-0.1, -0.05) is 6.07 Å². The van der Waals surface area contributed by atoms with E-state index in [0.717, 1.165) is 55.4 Å². The van der Waals surface area contributed by atoms with Crippen molar-refractivity contribution in [2.24, 2.45) is 5.92 Å². The molecule has 1 saturated heterocycles. The molecule has 28 heavy (non-hydrogen) atoms. The number of aromatic amines is 1. The summed E-state index contributed by atoms with van der Waals surface area (Å²) in [6.45, 7) is 8.75. The minimum atomic E-state index is -0.444. The van der Waals surface area contributed by atoms with Gasteiger partial charge in [0.1, 0.15) is 5.60 Å². The van der Waals surface area contributed by atoms with Gasteiger partial charge in [-0.3, -0.25) is 4.79 Å². The van der Waals surface area contributed by atoms with Crippen LogP contribution in [0.3, 0.4) is 0 Å². The lowest BCUT2D eigenvalue weighted by Crippen LogP contribution is -2.41. The number of nitrogens with zero attached hydrogens (tertiary/aromatic N) is 1. The molecule has 6 nitrogen and oxygen atoms in total. The number of carbonyl (C=O) groups is 2. The average molecular weight is 386 g/mol. The monoisotopic (exact) mass is 385 g/mol. The Morgan fingerprint density at radius 3 is 2.61 bits per heavy atom. The molecule has 0 unspecified atom stereocenters. The van der Waals surface area contributed by atoms with E-state index in [1.165, 1.54) is 12.5 Å². The number of benzene rings is 1. The summed E-state index contributed by atoms with van der Waals surface area (Å²) in [7, 11) is 0. The quantitative estimate of drug-likeness (QED) is 0.801. The summed E-state index contributed by atoms with van der Waals surface area (Å²) in [5, 5.41) is 3.92. The second-order valence-electron chi connectivity index (χ2n) is 8.71. The van der Waals surface area contributed by atoms with E-state index in [-0.39, 0.29) is 12.0 Å². The zero-order chi connectivity index (χ0) is 20.3. The van der Waals surface area contributed by atoms with E-state index in [1.807, 2.05) is 31.9 Å². The molecular formula is C22H31N3O3. The number of ether oxygens (including phenoxy) is 1. The van der Waals surface area contributed by atoms with Gasteiger partial charge in [-0.05, 0) is 70.1 Å². The van der Waals surface area contributed by atoms with E-state index in [9.17, 15) is 9.59 Å². The topological polar surface area (TPSA) is 74.4 Å². The fourth-order valence-corrected chi connectivity index (χ4v) is 3.72. The van der Waals surface area contributed by atoms with Crippen LogP contribution >= 0.6 is 0 Å². The van der Waals surface area contributed by atoms with Crippen LogP contribution in [-0.4, -0.2) is 40.6 Å². The first-order valence-electron chi connectivity index (χ1n) is 10.1. The molecular weight excluding hydrogens is 354 g/mol. The Morgan fingerprint density at radius 2 is 1.96 bits per heavy atom. The van der Waals surface area contributed by atoms with Crippen LogP contribution in [0.2, 0.25) is 0 Å². The van der Waals surface area contributed by atoms with Crippen LogP contribution < -0.4 is 5.32 Å². The van der Waals surface area contributed by atoms with E-state index >= 15 is 0 Å². The van der Waals surface area contributed by atoms with E-state index in [1.54, 1.807) is 0 Å². The molecule has 0 radical (unpaired) electrons. The van der Waals surface area contributed by atoms with E-state index < -0.39 is 5.60 Å². The number of carbonyl (C=O) groups excluding carboxylic acids is 2. The molecule has 2 N–H and O–H groups in total. The van der Waals surface area contributed by atoms with Crippen molar-refractivity contribution in [3.05, 3.63) is 30.0 Å². The number of aryl methyl sites for hydroxylation is 1. The van der Waals surface area contributed by atoms with Crippen molar-refractivity contribution >= 4 is 28.6 Å². The Labute approximate surface area is 166 Å². The first-order valence-corrected chi connectivity index (χ1v) is 10.1. The molecule has 2 amide bonds. The van der Waals surface area contributed by atoms with Gasteiger partial charge < -0.3 is 19.9 Å². The van der Waals surface area contributed by atoms with Crippen LogP contribution in [0.5, 0.6) is 0 Å². The van der Waals surface area contributed by atoms with Crippen molar-refractivity contribution < 1.29 is 14.3 Å². The number of fused-ring (bicyclic) bond motifs is 1. The average Bonchev–Trinajstić information content (AvgIpc) is 3.00. The molecule has 1 aromatic carbocycles. The van der Waals surface area contributed by atoms with Gasteiger partial charge in [0.25, 0.3) is 0 Å². The summed E-state index contributed by atoms with van der Waals surface area (Å²) in [6, 6.07) is 6.38. The second kappa shape index (κ2) is 8.25. The Bertz CT molecular complexity index is 842. The highest BCUT2D eigenvalue weighted by molar-refractivity contribution is 6.01. The fraction of sp³-hybridized carbons (Fsp3) is 0.545. The molecule has 152 valence electrons.